The predicted octanol–water partition coefficient (Wildman–Crippen LogP) is 3.25. The third kappa shape index (κ3) is 1.94. The van der Waals surface area contributed by atoms with Crippen LogP contribution in [0.25, 0.3) is 11.0 Å². The summed E-state index contributed by atoms with van der Waals surface area (Å²) in [6.07, 6.45) is 1.42. The van der Waals surface area contributed by atoms with Crippen molar-refractivity contribution < 1.29 is 4.42 Å². The number of rotatable bonds is 0. The van der Waals surface area contributed by atoms with Crippen LogP contribution in [0.3, 0.4) is 0 Å². The van der Waals surface area contributed by atoms with E-state index in [0.717, 1.165) is 4.88 Å². The minimum absolute atomic E-state index is 0.0825. The van der Waals surface area contributed by atoms with Crippen molar-refractivity contribution in [2.45, 2.75) is 0 Å². The highest BCUT2D eigenvalue weighted by Gasteiger charge is 2.03. The van der Waals surface area contributed by atoms with Gasteiger partial charge in [0.25, 0.3) is 0 Å². The summed E-state index contributed by atoms with van der Waals surface area (Å²) in [5, 5.41) is 2.52. The second kappa shape index (κ2) is 4.52. The van der Waals surface area contributed by atoms with Crippen LogP contribution in [-0.4, -0.2) is 0 Å². The number of thiophene rings is 1. The molecule has 0 N–H and O–H groups in total. The fourth-order valence-electron chi connectivity index (χ4n) is 1.64. The smallest absolute Gasteiger partial charge is 0.208 e. The number of benzene rings is 1. The van der Waals surface area contributed by atoms with Crippen molar-refractivity contribution in [1.29, 1.82) is 0 Å². The minimum atomic E-state index is -0.0825. The summed E-state index contributed by atoms with van der Waals surface area (Å²) in [4.78, 5) is 13.1. The molecule has 2 nitrogen and oxygen atoms in total. The van der Waals surface area contributed by atoms with Crippen LogP contribution in [0, 0.1) is 11.8 Å². The molecule has 18 heavy (non-hydrogen) atoms. The van der Waals surface area contributed by atoms with Crippen molar-refractivity contribution >= 4 is 22.3 Å². The Hall–Kier alpha value is -2.31. The van der Waals surface area contributed by atoms with Gasteiger partial charge in [-0.1, -0.05) is 30.0 Å². The molecule has 2 heterocycles. The van der Waals surface area contributed by atoms with E-state index >= 15 is 0 Å². The largest absolute Gasteiger partial charge is 0.463 e. The topological polar surface area (TPSA) is 30.2 Å². The maximum atomic E-state index is 12.1. The van der Waals surface area contributed by atoms with Crippen molar-refractivity contribution in [3.05, 3.63) is 68.7 Å². The van der Waals surface area contributed by atoms with Crippen molar-refractivity contribution in [3.8, 4) is 11.8 Å². The molecule has 0 atom stereocenters. The average molecular weight is 252 g/mol. The van der Waals surface area contributed by atoms with E-state index in [0.29, 0.717) is 16.5 Å². The Morgan fingerprint density at radius 3 is 2.78 bits per heavy atom. The van der Waals surface area contributed by atoms with Gasteiger partial charge >= 0.3 is 0 Å². The normalized spacial score (nSPS) is 10.0. The van der Waals surface area contributed by atoms with Gasteiger partial charge in [0, 0.05) is 0 Å². The van der Waals surface area contributed by atoms with E-state index in [-0.39, 0.29) is 5.43 Å². The van der Waals surface area contributed by atoms with Gasteiger partial charge in [-0.05, 0) is 23.6 Å². The molecule has 2 aromatic heterocycles. The van der Waals surface area contributed by atoms with Gasteiger partial charge in [0.05, 0.1) is 10.3 Å². The fraction of sp³-hybridized carbons (Fsp3) is 0. The Labute approximate surface area is 108 Å². The zero-order valence-electron chi connectivity index (χ0n) is 9.34. The van der Waals surface area contributed by atoms with Crippen LogP contribution in [-0.2, 0) is 0 Å². The quantitative estimate of drug-likeness (QED) is 0.575. The van der Waals surface area contributed by atoms with Gasteiger partial charge in [0.2, 0.25) is 5.43 Å². The standard InChI is InChI=1S/C15H8O2S/c16-15-11(7-8-12-4-3-9-18-12)10-17-14-6-2-1-5-13(14)15/h1-6,9-10H. The lowest BCUT2D eigenvalue weighted by atomic mass is 10.2. The summed E-state index contributed by atoms with van der Waals surface area (Å²) in [5.74, 6) is 5.82. The van der Waals surface area contributed by atoms with Crippen LogP contribution < -0.4 is 5.43 Å². The molecule has 0 saturated heterocycles. The highest BCUT2D eigenvalue weighted by atomic mass is 32.1. The van der Waals surface area contributed by atoms with Gasteiger partial charge in [-0.2, -0.15) is 0 Å². The maximum Gasteiger partial charge on any atom is 0.208 e. The Bertz CT molecular complexity index is 802. The number of para-hydroxylation sites is 1. The minimum Gasteiger partial charge on any atom is -0.463 e. The van der Waals surface area contributed by atoms with Crippen molar-refractivity contribution in [2.75, 3.05) is 0 Å². The molecular formula is C15H8O2S. The maximum absolute atomic E-state index is 12.1. The van der Waals surface area contributed by atoms with Gasteiger partial charge in [-0.25, -0.2) is 0 Å². The molecule has 0 radical (unpaired) electrons. The predicted molar refractivity (Wildman–Crippen MR) is 72.8 cm³/mol. The van der Waals surface area contributed by atoms with Crippen LogP contribution >= 0.6 is 11.3 Å². The third-order valence-electron chi connectivity index (χ3n) is 2.52. The van der Waals surface area contributed by atoms with Gasteiger partial charge in [-0.15, -0.1) is 11.3 Å². The summed E-state index contributed by atoms with van der Waals surface area (Å²) >= 11 is 1.55. The second-order valence-corrected chi connectivity index (χ2v) is 4.65. The summed E-state index contributed by atoms with van der Waals surface area (Å²) in [7, 11) is 0. The van der Waals surface area contributed by atoms with E-state index in [1.165, 1.54) is 6.26 Å². The van der Waals surface area contributed by atoms with Gasteiger partial charge < -0.3 is 4.42 Å². The molecule has 0 saturated carbocycles. The molecule has 3 aromatic rings. The molecular weight excluding hydrogens is 244 g/mol. The molecule has 3 rings (SSSR count). The molecule has 0 fully saturated rings. The van der Waals surface area contributed by atoms with E-state index in [1.54, 1.807) is 23.5 Å². The summed E-state index contributed by atoms with van der Waals surface area (Å²) in [6.45, 7) is 0. The van der Waals surface area contributed by atoms with Gasteiger partial charge in [0.1, 0.15) is 17.4 Å². The Kier molecular flexibility index (Phi) is 2.71. The molecule has 86 valence electrons. The Morgan fingerprint density at radius 2 is 1.94 bits per heavy atom. The molecule has 0 aliphatic carbocycles. The van der Waals surface area contributed by atoms with Crippen LogP contribution in [0.4, 0.5) is 0 Å². The molecule has 0 unspecified atom stereocenters. The Balaban J connectivity index is 2.14. The van der Waals surface area contributed by atoms with Crippen molar-refractivity contribution in [2.24, 2.45) is 0 Å². The lowest BCUT2D eigenvalue weighted by Gasteiger charge is -1.95. The first-order valence-electron chi connectivity index (χ1n) is 5.41. The first-order chi connectivity index (χ1) is 8.84. The van der Waals surface area contributed by atoms with Crippen LogP contribution in [0.2, 0.25) is 0 Å². The molecule has 3 heteroatoms. The molecule has 0 spiro atoms. The van der Waals surface area contributed by atoms with Crippen LogP contribution in [0.15, 0.2) is 57.3 Å². The Morgan fingerprint density at radius 1 is 1.06 bits per heavy atom. The molecule has 0 bridgehead atoms. The first kappa shape index (κ1) is 10.8. The lowest BCUT2D eigenvalue weighted by molar-refractivity contribution is 0.600. The van der Waals surface area contributed by atoms with Gasteiger partial charge in [0.15, 0.2) is 0 Å². The van der Waals surface area contributed by atoms with E-state index in [2.05, 4.69) is 11.8 Å². The third-order valence-corrected chi connectivity index (χ3v) is 3.31. The van der Waals surface area contributed by atoms with Crippen molar-refractivity contribution in [3.63, 3.8) is 0 Å². The molecule has 0 aliphatic rings. The average Bonchev–Trinajstić information content (AvgIpc) is 2.91. The summed E-state index contributed by atoms with van der Waals surface area (Å²) < 4.78 is 5.39. The summed E-state index contributed by atoms with van der Waals surface area (Å²) in [5.41, 5.74) is 0.896. The number of hydrogen-bond donors (Lipinski definition) is 0. The SMILES string of the molecule is O=c1c(C#Cc2cccs2)coc2ccccc12. The summed E-state index contributed by atoms with van der Waals surface area (Å²) in [6, 6.07) is 11.0. The van der Waals surface area contributed by atoms with Gasteiger partial charge in [-0.3, -0.25) is 4.79 Å². The number of fused-ring (bicyclic) bond motifs is 1. The monoisotopic (exact) mass is 252 g/mol. The van der Waals surface area contributed by atoms with E-state index in [1.807, 2.05) is 29.6 Å². The van der Waals surface area contributed by atoms with Crippen LogP contribution in [0.5, 0.6) is 0 Å². The number of hydrogen-bond acceptors (Lipinski definition) is 3. The fourth-order valence-corrected chi connectivity index (χ4v) is 2.21. The molecule has 0 amide bonds. The zero-order chi connectivity index (χ0) is 12.4. The van der Waals surface area contributed by atoms with E-state index in [4.69, 9.17) is 4.42 Å². The van der Waals surface area contributed by atoms with Crippen LogP contribution in [0.1, 0.15) is 10.4 Å². The lowest BCUT2D eigenvalue weighted by Crippen LogP contribution is -2.05. The highest BCUT2D eigenvalue weighted by molar-refractivity contribution is 7.10. The van der Waals surface area contributed by atoms with E-state index < -0.39 is 0 Å². The van der Waals surface area contributed by atoms with E-state index in [9.17, 15) is 4.79 Å². The first-order valence-corrected chi connectivity index (χ1v) is 6.28. The molecule has 0 aliphatic heterocycles. The second-order valence-electron chi connectivity index (χ2n) is 3.70. The zero-order valence-corrected chi connectivity index (χ0v) is 10.2. The van der Waals surface area contributed by atoms with Crippen molar-refractivity contribution in [1.82, 2.24) is 0 Å². The molecule has 1 aromatic carbocycles. The highest BCUT2D eigenvalue weighted by Crippen LogP contribution is 2.10.